The lowest BCUT2D eigenvalue weighted by atomic mass is 9.91. The van der Waals surface area contributed by atoms with Gasteiger partial charge in [-0.3, -0.25) is 4.90 Å². The van der Waals surface area contributed by atoms with E-state index in [1.54, 1.807) is 6.07 Å². The lowest BCUT2D eigenvalue weighted by Crippen LogP contribution is -2.50. The Morgan fingerprint density at radius 2 is 1.92 bits per heavy atom. The number of benzene rings is 1. The second-order valence-electron chi connectivity index (χ2n) is 6.86. The van der Waals surface area contributed by atoms with Crippen LogP contribution in [0.5, 0.6) is 5.88 Å². The Morgan fingerprint density at radius 1 is 1.12 bits per heavy atom. The Bertz CT molecular complexity index is 773. The number of hydrogen-bond acceptors (Lipinski definition) is 6. The van der Waals surface area contributed by atoms with Gasteiger partial charge in [0, 0.05) is 32.2 Å². The zero-order valence-corrected chi connectivity index (χ0v) is 14.3. The molecule has 0 radical (unpaired) electrons. The highest BCUT2D eigenvalue weighted by Crippen LogP contribution is 2.29. The summed E-state index contributed by atoms with van der Waals surface area (Å²) >= 11 is 0. The Balaban J connectivity index is 1.43. The molecule has 0 atom stereocenters. The smallest absolute Gasteiger partial charge is 0.224 e. The van der Waals surface area contributed by atoms with Crippen LogP contribution in [0.25, 0.3) is 10.9 Å². The number of rotatable bonds is 3. The van der Waals surface area contributed by atoms with E-state index < -0.39 is 0 Å². The zero-order valence-electron chi connectivity index (χ0n) is 14.3. The first-order chi connectivity index (χ1) is 12.3. The summed E-state index contributed by atoms with van der Waals surface area (Å²) in [6, 6.07) is 8.30. The molecule has 1 aliphatic carbocycles. The van der Waals surface area contributed by atoms with Gasteiger partial charge in [-0.2, -0.15) is 5.26 Å². The summed E-state index contributed by atoms with van der Waals surface area (Å²) in [5.74, 6) is 0.604. The van der Waals surface area contributed by atoms with Crippen molar-refractivity contribution in [3.05, 3.63) is 30.1 Å². The molecule has 1 aliphatic heterocycles. The minimum absolute atomic E-state index is 0.197. The summed E-state index contributed by atoms with van der Waals surface area (Å²) in [6.07, 6.45) is 6.20. The van der Waals surface area contributed by atoms with Gasteiger partial charge in [0.25, 0.3) is 0 Å². The Labute approximate surface area is 147 Å². The predicted molar refractivity (Wildman–Crippen MR) is 95.4 cm³/mol. The maximum absolute atomic E-state index is 9.12. The van der Waals surface area contributed by atoms with Crippen molar-refractivity contribution in [3.63, 3.8) is 0 Å². The van der Waals surface area contributed by atoms with Crippen LogP contribution in [0.4, 0.5) is 0 Å². The fraction of sp³-hybridized carbons (Fsp3) is 0.526. The van der Waals surface area contributed by atoms with Crippen LogP contribution in [0.1, 0.15) is 31.2 Å². The Hall–Kier alpha value is -2.23. The molecule has 0 unspecified atom stereocenters. The van der Waals surface area contributed by atoms with Crippen molar-refractivity contribution in [1.82, 2.24) is 20.2 Å². The molecule has 2 aliphatic rings. The first kappa shape index (κ1) is 16.2. The van der Waals surface area contributed by atoms with Gasteiger partial charge in [0.1, 0.15) is 12.4 Å². The second kappa shape index (κ2) is 7.34. The molecule has 130 valence electrons. The van der Waals surface area contributed by atoms with Crippen LogP contribution >= 0.6 is 0 Å². The predicted octanol–water partition coefficient (Wildman–Crippen LogP) is 2.10. The molecule has 1 saturated heterocycles. The molecule has 6 nitrogen and oxygen atoms in total. The molecule has 1 aromatic carbocycles. The van der Waals surface area contributed by atoms with Crippen molar-refractivity contribution in [1.29, 1.82) is 5.26 Å². The molecule has 1 N–H and O–H groups in total. The first-order valence-electron chi connectivity index (χ1n) is 9.10. The van der Waals surface area contributed by atoms with Crippen molar-refractivity contribution in [3.8, 4) is 11.9 Å². The molecule has 1 saturated carbocycles. The van der Waals surface area contributed by atoms with E-state index in [0.717, 1.165) is 49.9 Å². The lowest BCUT2D eigenvalue weighted by molar-refractivity contribution is 0.0794. The Kier molecular flexibility index (Phi) is 4.77. The highest BCUT2D eigenvalue weighted by atomic mass is 16.5. The van der Waals surface area contributed by atoms with Gasteiger partial charge >= 0.3 is 0 Å². The number of piperazine rings is 1. The van der Waals surface area contributed by atoms with Crippen molar-refractivity contribution >= 4 is 10.9 Å². The minimum atomic E-state index is 0.197. The normalized spacial score (nSPS) is 24.8. The highest BCUT2D eigenvalue weighted by Gasteiger charge is 2.28. The molecule has 2 heterocycles. The van der Waals surface area contributed by atoms with E-state index in [4.69, 9.17) is 10.00 Å². The van der Waals surface area contributed by atoms with Gasteiger partial charge in [0.15, 0.2) is 0 Å². The summed E-state index contributed by atoms with van der Waals surface area (Å²) in [5.41, 5.74) is 1.42. The number of ether oxygens (including phenoxy) is 1. The first-order valence-corrected chi connectivity index (χ1v) is 9.10. The summed E-state index contributed by atoms with van der Waals surface area (Å²) in [5, 5.41) is 13.4. The summed E-state index contributed by atoms with van der Waals surface area (Å²) < 4.78 is 6.21. The number of fused-ring (bicyclic) bond motifs is 1. The van der Waals surface area contributed by atoms with E-state index in [1.807, 2.05) is 12.1 Å². The second-order valence-corrected chi connectivity index (χ2v) is 6.86. The standard InChI is InChI=1S/C19H23N5O/c20-12-14-1-6-18-17(11-14)19(23-13-22-18)25-16-4-2-15(3-5-16)24-9-7-21-8-10-24/h1,6,11,13,15-16,21H,2-5,7-10H2. The van der Waals surface area contributed by atoms with Crippen molar-refractivity contribution in [2.45, 2.75) is 37.8 Å². The number of nitrogens with zero attached hydrogens (tertiary/aromatic N) is 4. The van der Waals surface area contributed by atoms with Crippen molar-refractivity contribution in [2.24, 2.45) is 0 Å². The van der Waals surface area contributed by atoms with Gasteiger partial charge in [-0.15, -0.1) is 0 Å². The van der Waals surface area contributed by atoms with Gasteiger partial charge in [0.05, 0.1) is 22.5 Å². The number of hydrogen-bond donors (Lipinski definition) is 1. The molecule has 4 rings (SSSR count). The third-order valence-corrected chi connectivity index (χ3v) is 5.32. The van der Waals surface area contributed by atoms with Crippen LogP contribution in [0.2, 0.25) is 0 Å². The monoisotopic (exact) mass is 337 g/mol. The largest absolute Gasteiger partial charge is 0.474 e. The highest BCUT2D eigenvalue weighted by molar-refractivity contribution is 5.84. The molecule has 6 heteroatoms. The van der Waals surface area contributed by atoms with Crippen LogP contribution in [0.3, 0.4) is 0 Å². The molecule has 2 fully saturated rings. The van der Waals surface area contributed by atoms with Gasteiger partial charge < -0.3 is 10.1 Å². The quantitative estimate of drug-likeness (QED) is 0.924. The average molecular weight is 337 g/mol. The average Bonchev–Trinajstić information content (AvgIpc) is 2.69. The van der Waals surface area contributed by atoms with E-state index in [2.05, 4.69) is 26.3 Å². The van der Waals surface area contributed by atoms with E-state index in [9.17, 15) is 0 Å². The third kappa shape index (κ3) is 3.58. The maximum Gasteiger partial charge on any atom is 0.224 e. The number of nitriles is 1. The SMILES string of the molecule is N#Cc1ccc2ncnc(OC3CCC(N4CCNCC4)CC3)c2c1. The lowest BCUT2D eigenvalue weighted by Gasteiger charge is -2.38. The summed E-state index contributed by atoms with van der Waals surface area (Å²) in [6.45, 7) is 4.52. The summed E-state index contributed by atoms with van der Waals surface area (Å²) in [4.78, 5) is 11.2. The molecule has 0 spiro atoms. The fourth-order valence-electron chi connectivity index (χ4n) is 3.93. The molecule has 0 amide bonds. The van der Waals surface area contributed by atoms with Crippen LogP contribution < -0.4 is 10.1 Å². The fourth-order valence-corrected chi connectivity index (χ4v) is 3.93. The molecular weight excluding hydrogens is 314 g/mol. The molecule has 25 heavy (non-hydrogen) atoms. The van der Waals surface area contributed by atoms with Gasteiger partial charge in [0.2, 0.25) is 5.88 Å². The van der Waals surface area contributed by atoms with Crippen molar-refractivity contribution in [2.75, 3.05) is 26.2 Å². The van der Waals surface area contributed by atoms with Gasteiger partial charge in [-0.05, 0) is 43.9 Å². The minimum Gasteiger partial charge on any atom is -0.474 e. The van der Waals surface area contributed by atoms with Gasteiger partial charge in [-0.25, -0.2) is 9.97 Å². The maximum atomic E-state index is 9.12. The van der Waals surface area contributed by atoms with E-state index >= 15 is 0 Å². The van der Waals surface area contributed by atoms with Crippen LogP contribution in [0.15, 0.2) is 24.5 Å². The van der Waals surface area contributed by atoms with Crippen molar-refractivity contribution < 1.29 is 4.74 Å². The third-order valence-electron chi connectivity index (χ3n) is 5.32. The Morgan fingerprint density at radius 3 is 2.68 bits per heavy atom. The van der Waals surface area contributed by atoms with E-state index in [1.165, 1.54) is 19.2 Å². The van der Waals surface area contributed by atoms with E-state index in [0.29, 0.717) is 17.5 Å². The molecular formula is C19H23N5O. The number of aromatic nitrogens is 2. The molecule has 1 aromatic heterocycles. The summed E-state index contributed by atoms with van der Waals surface area (Å²) in [7, 11) is 0. The molecule has 0 bridgehead atoms. The number of nitrogens with one attached hydrogen (secondary N) is 1. The van der Waals surface area contributed by atoms with Crippen LogP contribution in [0, 0.1) is 11.3 Å². The van der Waals surface area contributed by atoms with Gasteiger partial charge in [-0.1, -0.05) is 0 Å². The van der Waals surface area contributed by atoms with Crippen LogP contribution in [-0.2, 0) is 0 Å². The zero-order chi connectivity index (χ0) is 17.1. The topological polar surface area (TPSA) is 74.1 Å². The van der Waals surface area contributed by atoms with E-state index in [-0.39, 0.29) is 6.10 Å². The molecule has 2 aromatic rings. The van der Waals surface area contributed by atoms with Crippen LogP contribution in [-0.4, -0.2) is 53.2 Å².